The highest BCUT2D eigenvalue weighted by atomic mass is 35.5. The highest BCUT2D eigenvalue weighted by molar-refractivity contribution is 7.45. The van der Waals surface area contributed by atoms with E-state index < -0.39 is 7.82 Å². The van der Waals surface area contributed by atoms with E-state index in [2.05, 4.69) is 10.3 Å². The molecule has 0 radical (unpaired) electrons. The molecule has 10 heteroatoms. The maximum Gasteiger partial charge on any atom is 0.466 e. The van der Waals surface area contributed by atoms with Gasteiger partial charge in [0.25, 0.3) is 0 Å². The van der Waals surface area contributed by atoms with Gasteiger partial charge in [-0.3, -0.25) is 0 Å². The van der Waals surface area contributed by atoms with Crippen LogP contribution in [0.15, 0.2) is 53.5 Å². The Labute approximate surface area is 154 Å². The van der Waals surface area contributed by atoms with Gasteiger partial charge < -0.3 is 25.2 Å². The fraction of sp³-hybridized carbons (Fsp3) is 0.125. The number of hydrogen-bond acceptors (Lipinski definition) is 4. The third-order valence-electron chi connectivity index (χ3n) is 3.35. The van der Waals surface area contributed by atoms with Crippen molar-refractivity contribution < 1.29 is 24.0 Å². The predicted molar refractivity (Wildman–Crippen MR) is 100 cm³/mol. The molecule has 2 aromatic carbocycles. The van der Waals surface area contributed by atoms with E-state index in [0.29, 0.717) is 16.6 Å². The number of benzene rings is 2. The number of nitrogens with zero attached hydrogens (tertiary/aromatic N) is 2. The molecule has 1 heterocycles. The van der Waals surface area contributed by atoms with Crippen LogP contribution in [0.5, 0.6) is 0 Å². The SMILES string of the molecule is CNC1=Nc2ccc(Cl)cc2C(c2ccccc2)=[N+]([O-])C1.O=P(O)(O)O. The van der Waals surface area contributed by atoms with Crippen LogP contribution in [0.2, 0.25) is 5.02 Å². The second kappa shape index (κ2) is 8.44. The lowest BCUT2D eigenvalue weighted by molar-refractivity contribution is -0.439. The molecule has 0 atom stereocenters. The molecular weight excluding hydrogens is 381 g/mol. The zero-order valence-electron chi connectivity index (χ0n) is 13.7. The Morgan fingerprint density at radius 1 is 1.19 bits per heavy atom. The Morgan fingerprint density at radius 2 is 1.81 bits per heavy atom. The first-order valence-corrected chi connectivity index (χ1v) is 9.34. The maximum absolute atomic E-state index is 12.6. The van der Waals surface area contributed by atoms with Gasteiger partial charge in [0.2, 0.25) is 12.3 Å². The average Bonchev–Trinajstić information content (AvgIpc) is 2.69. The van der Waals surface area contributed by atoms with Crippen LogP contribution < -0.4 is 5.32 Å². The molecule has 3 rings (SSSR count). The normalized spacial score (nSPS) is 13.8. The molecule has 0 aromatic heterocycles. The quantitative estimate of drug-likeness (QED) is 0.331. The van der Waals surface area contributed by atoms with E-state index in [0.717, 1.165) is 21.6 Å². The molecule has 26 heavy (non-hydrogen) atoms. The molecule has 0 spiro atoms. The highest BCUT2D eigenvalue weighted by Crippen LogP contribution is 2.28. The number of rotatable bonds is 1. The van der Waals surface area contributed by atoms with E-state index >= 15 is 0 Å². The summed E-state index contributed by atoms with van der Waals surface area (Å²) in [6, 6.07) is 15.0. The van der Waals surface area contributed by atoms with E-state index in [-0.39, 0.29) is 6.54 Å². The molecule has 1 aliphatic heterocycles. The Morgan fingerprint density at radius 3 is 2.38 bits per heavy atom. The van der Waals surface area contributed by atoms with E-state index in [1.54, 1.807) is 19.2 Å². The van der Waals surface area contributed by atoms with Gasteiger partial charge in [-0.25, -0.2) is 9.56 Å². The van der Waals surface area contributed by atoms with Crippen molar-refractivity contribution in [1.29, 1.82) is 0 Å². The molecule has 0 aliphatic carbocycles. The minimum Gasteiger partial charge on any atom is -0.623 e. The first-order valence-electron chi connectivity index (χ1n) is 7.39. The van der Waals surface area contributed by atoms with Gasteiger partial charge in [-0.05, 0) is 30.3 Å². The van der Waals surface area contributed by atoms with E-state index in [4.69, 9.17) is 30.8 Å². The summed E-state index contributed by atoms with van der Waals surface area (Å²) in [5.41, 5.74) is 2.92. The van der Waals surface area contributed by atoms with Crippen molar-refractivity contribution in [1.82, 2.24) is 5.32 Å². The van der Waals surface area contributed by atoms with Gasteiger partial charge in [0, 0.05) is 17.6 Å². The number of phosphoric acid groups is 1. The Kier molecular flexibility index (Phi) is 6.52. The zero-order chi connectivity index (χ0) is 19.3. The fourth-order valence-electron chi connectivity index (χ4n) is 2.36. The van der Waals surface area contributed by atoms with Crippen molar-refractivity contribution in [3.8, 4) is 0 Å². The molecule has 0 bridgehead atoms. The monoisotopic (exact) mass is 397 g/mol. The number of halogens is 1. The van der Waals surface area contributed by atoms with Gasteiger partial charge in [-0.2, -0.15) is 4.74 Å². The Hall–Kier alpha value is -2.22. The molecule has 0 saturated carbocycles. The summed E-state index contributed by atoms with van der Waals surface area (Å²) in [6.45, 7) is 0.174. The highest BCUT2D eigenvalue weighted by Gasteiger charge is 2.24. The predicted octanol–water partition coefficient (Wildman–Crippen LogP) is 2.02. The minimum absolute atomic E-state index is 0.174. The first-order chi connectivity index (χ1) is 12.2. The number of aliphatic imine (C=N–C) groups is 1. The van der Waals surface area contributed by atoms with Crippen LogP contribution in [0.3, 0.4) is 0 Å². The lowest BCUT2D eigenvalue weighted by atomic mass is 10.0. The van der Waals surface area contributed by atoms with Gasteiger partial charge in [0.1, 0.15) is 0 Å². The smallest absolute Gasteiger partial charge is 0.466 e. The van der Waals surface area contributed by atoms with Crippen LogP contribution in [0.1, 0.15) is 11.1 Å². The summed E-state index contributed by atoms with van der Waals surface area (Å²) in [5.74, 6) is 0.625. The molecule has 0 fully saturated rings. The van der Waals surface area contributed by atoms with Crippen molar-refractivity contribution in [3.05, 3.63) is 69.9 Å². The first kappa shape index (κ1) is 20.1. The summed E-state index contributed by atoms with van der Waals surface area (Å²) in [5, 5.41) is 16.1. The van der Waals surface area contributed by atoms with Crippen LogP contribution in [0.4, 0.5) is 5.69 Å². The van der Waals surface area contributed by atoms with Crippen LogP contribution in [-0.2, 0) is 4.57 Å². The van der Waals surface area contributed by atoms with Crippen molar-refractivity contribution in [2.75, 3.05) is 13.6 Å². The summed E-state index contributed by atoms with van der Waals surface area (Å²) >= 11 is 6.10. The number of hydrogen-bond donors (Lipinski definition) is 4. The molecular formula is C16H17ClN3O5P. The van der Waals surface area contributed by atoms with E-state index in [9.17, 15) is 5.21 Å². The van der Waals surface area contributed by atoms with Crippen molar-refractivity contribution in [3.63, 3.8) is 0 Å². The summed E-state index contributed by atoms with van der Waals surface area (Å²) < 4.78 is 9.83. The topological polar surface area (TPSA) is 128 Å². The van der Waals surface area contributed by atoms with Crippen molar-refractivity contribution >= 4 is 36.7 Å². The molecule has 1 aliphatic rings. The third-order valence-corrected chi connectivity index (χ3v) is 3.58. The van der Waals surface area contributed by atoms with Crippen molar-refractivity contribution in [2.45, 2.75) is 0 Å². The number of nitrogens with one attached hydrogen (secondary N) is 1. The molecule has 0 saturated heterocycles. The molecule has 4 N–H and O–H groups in total. The maximum atomic E-state index is 12.6. The van der Waals surface area contributed by atoms with Crippen LogP contribution >= 0.6 is 19.4 Å². The fourth-order valence-corrected chi connectivity index (χ4v) is 2.53. The van der Waals surface area contributed by atoms with Crippen LogP contribution in [0, 0.1) is 5.21 Å². The van der Waals surface area contributed by atoms with Crippen molar-refractivity contribution in [2.24, 2.45) is 4.99 Å². The van der Waals surface area contributed by atoms with Gasteiger partial charge in [-0.1, -0.05) is 29.8 Å². The third kappa shape index (κ3) is 5.66. The largest absolute Gasteiger partial charge is 0.623 e. The number of amidine groups is 1. The van der Waals surface area contributed by atoms with Gasteiger partial charge in [0.15, 0.2) is 5.84 Å². The molecule has 2 aromatic rings. The second-order valence-electron chi connectivity index (χ2n) is 5.23. The second-order valence-corrected chi connectivity index (χ2v) is 6.70. The summed E-state index contributed by atoms with van der Waals surface area (Å²) in [4.78, 5) is 26.1. The van der Waals surface area contributed by atoms with E-state index in [1.165, 1.54) is 0 Å². The van der Waals surface area contributed by atoms with Gasteiger partial charge in [0.05, 0.1) is 11.3 Å². The number of hydroxylamine groups is 1. The van der Waals surface area contributed by atoms with Gasteiger partial charge in [-0.15, -0.1) is 0 Å². The molecule has 138 valence electrons. The molecule has 0 unspecified atom stereocenters. The molecule has 8 nitrogen and oxygen atoms in total. The van der Waals surface area contributed by atoms with Crippen LogP contribution in [0.25, 0.3) is 0 Å². The lowest BCUT2D eigenvalue weighted by Gasteiger charge is -2.10. The van der Waals surface area contributed by atoms with Gasteiger partial charge >= 0.3 is 7.82 Å². The zero-order valence-corrected chi connectivity index (χ0v) is 15.4. The summed E-state index contributed by atoms with van der Waals surface area (Å²) in [7, 11) is -2.88. The number of likely N-dealkylation sites (N-methyl/N-ethyl adjacent to an activating group) is 1. The minimum atomic E-state index is -4.64. The Bertz CT molecular complexity index is 888. The summed E-state index contributed by atoms with van der Waals surface area (Å²) in [6.07, 6.45) is 0. The Balaban J connectivity index is 0.000000431. The average molecular weight is 398 g/mol. The molecule has 0 amide bonds. The van der Waals surface area contributed by atoms with Crippen LogP contribution in [-0.4, -0.2) is 44.6 Å². The standard InChI is InChI=1S/C16H14ClN3O.H3O4P/c1-18-15-10-20(21)16(11-5-3-2-4-6-11)13-9-12(17)7-8-14(13)19-15;1-5(2,3)4/h2-9H,10H2,1H3,(H,18,19);(H3,1,2,3,4). The lowest BCUT2D eigenvalue weighted by Crippen LogP contribution is -2.29. The number of fused-ring (bicyclic) bond motifs is 1. The van der Waals surface area contributed by atoms with E-state index in [1.807, 2.05) is 36.4 Å².